The first-order valence-corrected chi connectivity index (χ1v) is 7.81. The van der Waals surface area contributed by atoms with E-state index in [0.717, 1.165) is 11.4 Å². The predicted octanol–water partition coefficient (Wildman–Crippen LogP) is 2.15. The van der Waals surface area contributed by atoms with Crippen molar-refractivity contribution < 1.29 is 14.4 Å². The van der Waals surface area contributed by atoms with Gasteiger partial charge in [-0.3, -0.25) is 4.79 Å². The lowest BCUT2D eigenvalue weighted by molar-refractivity contribution is -0.141. The third kappa shape index (κ3) is 1.92. The van der Waals surface area contributed by atoms with Gasteiger partial charge in [-0.2, -0.15) is 5.06 Å². The fraction of sp³-hybridized carbons (Fsp3) is 0.176. The van der Waals surface area contributed by atoms with Crippen molar-refractivity contribution in [3.63, 3.8) is 0 Å². The molecule has 1 spiro atoms. The van der Waals surface area contributed by atoms with Crippen molar-refractivity contribution in [2.75, 3.05) is 24.1 Å². The highest BCUT2D eigenvalue weighted by Crippen LogP contribution is 2.45. The van der Waals surface area contributed by atoms with E-state index in [4.69, 9.17) is 21.8 Å². The van der Waals surface area contributed by atoms with Gasteiger partial charge in [-0.15, -0.1) is 0 Å². The lowest BCUT2D eigenvalue weighted by Crippen LogP contribution is -2.47. The fourth-order valence-electron chi connectivity index (χ4n) is 3.02. The topological polar surface area (TPSA) is 54.0 Å². The summed E-state index contributed by atoms with van der Waals surface area (Å²) in [6, 6.07) is 14.8. The molecular weight excluding hydrogens is 326 g/mol. The SMILES string of the molecule is COc1ccc2c(c1)C1(NC(=S)N(c3ccccc3)O1)C(=O)N2C. The zero-order valence-corrected chi connectivity index (χ0v) is 14.0. The van der Waals surface area contributed by atoms with Gasteiger partial charge < -0.3 is 15.0 Å². The molecule has 1 atom stereocenters. The number of carbonyl (C=O) groups excluding carboxylic acids is 1. The maximum Gasteiger partial charge on any atom is 0.287 e. The van der Waals surface area contributed by atoms with Gasteiger partial charge in [0, 0.05) is 12.6 Å². The number of ether oxygens (including phenoxy) is 1. The van der Waals surface area contributed by atoms with Crippen LogP contribution >= 0.6 is 12.2 Å². The Bertz CT molecular complexity index is 842. The van der Waals surface area contributed by atoms with Gasteiger partial charge in [0.15, 0.2) is 0 Å². The normalized spacial score (nSPS) is 22.1. The number of hydrogen-bond donors (Lipinski definition) is 1. The Morgan fingerprint density at radius 2 is 1.96 bits per heavy atom. The number of rotatable bonds is 2. The van der Waals surface area contributed by atoms with E-state index in [-0.39, 0.29) is 5.91 Å². The van der Waals surface area contributed by atoms with E-state index in [1.54, 1.807) is 25.1 Å². The van der Waals surface area contributed by atoms with Crippen LogP contribution in [0.5, 0.6) is 5.75 Å². The number of hydrogen-bond acceptors (Lipinski definition) is 4. The molecule has 2 aliphatic heterocycles. The van der Waals surface area contributed by atoms with Crippen LogP contribution in [0.15, 0.2) is 48.5 Å². The van der Waals surface area contributed by atoms with E-state index >= 15 is 0 Å². The van der Waals surface area contributed by atoms with Crippen LogP contribution in [0, 0.1) is 0 Å². The Balaban J connectivity index is 1.82. The minimum atomic E-state index is -1.37. The monoisotopic (exact) mass is 341 g/mol. The van der Waals surface area contributed by atoms with Crippen LogP contribution in [0.1, 0.15) is 5.56 Å². The van der Waals surface area contributed by atoms with Crippen molar-refractivity contribution in [3.05, 3.63) is 54.1 Å². The molecule has 0 radical (unpaired) electrons. The van der Waals surface area contributed by atoms with Crippen LogP contribution in [0.3, 0.4) is 0 Å². The number of carbonyl (C=O) groups is 1. The smallest absolute Gasteiger partial charge is 0.287 e. The van der Waals surface area contributed by atoms with E-state index in [1.807, 2.05) is 42.5 Å². The lowest BCUT2D eigenvalue weighted by Gasteiger charge is -2.22. The quantitative estimate of drug-likeness (QED) is 0.845. The van der Waals surface area contributed by atoms with Crippen molar-refractivity contribution in [1.82, 2.24) is 5.32 Å². The minimum absolute atomic E-state index is 0.230. The van der Waals surface area contributed by atoms with Gasteiger partial charge in [0.05, 0.1) is 18.5 Å². The first-order valence-electron chi connectivity index (χ1n) is 7.40. The number of thiocarbonyl (C=S) groups is 1. The maximum absolute atomic E-state index is 12.9. The molecule has 0 aromatic heterocycles. The summed E-state index contributed by atoms with van der Waals surface area (Å²) in [5, 5.41) is 4.85. The molecule has 1 fully saturated rings. The van der Waals surface area contributed by atoms with E-state index in [2.05, 4.69) is 5.32 Å². The minimum Gasteiger partial charge on any atom is -0.497 e. The molecule has 2 aromatic rings. The fourth-order valence-corrected chi connectivity index (χ4v) is 3.31. The molecule has 2 aromatic carbocycles. The van der Waals surface area contributed by atoms with Gasteiger partial charge >= 0.3 is 0 Å². The molecule has 7 heteroatoms. The van der Waals surface area contributed by atoms with Crippen LogP contribution < -0.4 is 20.0 Å². The molecule has 2 heterocycles. The molecule has 1 unspecified atom stereocenters. The number of nitrogens with one attached hydrogen (secondary N) is 1. The summed E-state index contributed by atoms with van der Waals surface area (Å²) in [4.78, 5) is 20.5. The van der Waals surface area contributed by atoms with Crippen molar-refractivity contribution in [2.45, 2.75) is 5.72 Å². The van der Waals surface area contributed by atoms with E-state index < -0.39 is 5.72 Å². The van der Waals surface area contributed by atoms with Gasteiger partial charge in [-0.1, -0.05) is 18.2 Å². The summed E-state index contributed by atoms with van der Waals surface area (Å²) < 4.78 is 5.29. The van der Waals surface area contributed by atoms with Crippen molar-refractivity contribution >= 4 is 34.6 Å². The molecule has 0 aliphatic carbocycles. The van der Waals surface area contributed by atoms with Gasteiger partial charge in [0.2, 0.25) is 5.11 Å². The van der Waals surface area contributed by atoms with Crippen LogP contribution in [0.4, 0.5) is 11.4 Å². The van der Waals surface area contributed by atoms with Crippen LogP contribution in [-0.2, 0) is 15.4 Å². The number of methoxy groups -OCH3 is 1. The third-order valence-electron chi connectivity index (χ3n) is 4.24. The first-order chi connectivity index (χ1) is 11.6. The van der Waals surface area contributed by atoms with Gasteiger partial charge in [0.1, 0.15) is 5.75 Å². The summed E-state index contributed by atoms with van der Waals surface area (Å²) >= 11 is 5.40. The Morgan fingerprint density at radius 1 is 1.21 bits per heavy atom. The lowest BCUT2D eigenvalue weighted by atomic mass is 10.0. The molecule has 0 saturated carbocycles. The highest BCUT2D eigenvalue weighted by molar-refractivity contribution is 7.80. The second-order valence-corrected chi connectivity index (χ2v) is 5.97. The molecule has 24 heavy (non-hydrogen) atoms. The van der Waals surface area contributed by atoms with Gasteiger partial charge in [-0.05, 0) is 42.5 Å². The number of para-hydroxylation sites is 1. The van der Waals surface area contributed by atoms with Crippen molar-refractivity contribution in [2.24, 2.45) is 0 Å². The summed E-state index contributed by atoms with van der Waals surface area (Å²) in [6.07, 6.45) is 0. The summed E-state index contributed by atoms with van der Waals surface area (Å²) in [6.45, 7) is 0. The average molecular weight is 341 g/mol. The molecule has 1 N–H and O–H groups in total. The van der Waals surface area contributed by atoms with E-state index in [0.29, 0.717) is 16.4 Å². The van der Waals surface area contributed by atoms with Crippen LogP contribution in [0.25, 0.3) is 0 Å². The van der Waals surface area contributed by atoms with Crippen LogP contribution in [0.2, 0.25) is 0 Å². The molecule has 122 valence electrons. The molecular formula is C17H15N3O3S. The zero-order valence-electron chi connectivity index (χ0n) is 13.1. The Labute approximate surface area is 144 Å². The Kier molecular flexibility index (Phi) is 3.22. The number of anilines is 2. The highest BCUT2D eigenvalue weighted by Gasteiger charge is 2.58. The van der Waals surface area contributed by atoms with Crippen LogP contribution in [-0.4, -0.2) is 25.2 Å². The second kappa shape index (κ2) is 5.19. The van der Waals surface area contributed by atoms with Gasteiger partial charge in [-0.25, -0.2) is 4.84 Å². The van der Waals surface area contributed by atoms with Crippen molar-refractivity contribution in [1.29, 1.82) is 0 Å². The number of fused-ring (bicyclic) bond motifs is 2. The largest absolute Gasteiger partial charge is 0.497 e. The third-order valence-corrected chi connectivity index (χ3v) is 4.50. The molecule has 1 amide bonds. The number of nitrogens with zero attached hydrogens (tertiary/aromatic N) is 2. The van der Waals surface area contributed by atoms with Gasteiger partial charge in [0.25, 0.3) is 11.6 Å². The molecule has 4 rings (SSSR count). The number of amides is 1. The Hall–Kier alpha value is -2.64. The predicted molar refractivity (Wildman–Crippen MR) is 93.8 cm³/mol. The first kappa shape index (κ1) is 14.9. The highest BCUT2D eigenvalue weighted by atomic mass is 32.1. The summed E-state index contributed by atoms with van der Waals surface area (Å²) in [5.41, 5.74) is 0.811. The maximum atomic E-state index is 12.9. The molecule has 0 bridgehead atoms. The average Bonchev–Trinajstić information content (AvgIpc) is 3.07. The zero-order chi connectivity index (χ0) is 16.9. The summed E-state index contributed by atoms with van der Waals surface area (Å²) in [7, 11) is 3.29. The number of hydroxylamine groups is 1. The molecule has 2 aliphatic rings. The Morgan fingerprint density at radius 3 is 2.67 bits per heavy atom. The molecule has 1 saturated heterocycles. The molecule has 6 nitrogen and oxygen atoms in total. The number of likely N-dealkylation sites (N-methyl/N-ethyl adjacent to an activating group) is 1. The number of benzene rings is 2. The van der Waals surface area contributed by atoms with Crippen molar-refractivity contribution in [3.8, 4) is 5.75 Å². The van der Waals surface area contributed by atoms with E-state index in [9.17, 15) is 4.79 Å². The standard InChI is InChI=1S/C17H15N3O3S/c1-19-14-9-8-12(22-2)10-13(14)17(15(19)21)18-16(24)20(23-17)11-6-4-3-5-7-11/h3-10H,1-2H3,(H,18,24). The summed E-state index contributed by atoms with van der Waals surface area (Å²) in [5.74, 6) is 0.414. The second-order valence-electron chi connectivity index (χ2n) is 5.58. The van der Waals surface area contributed by atoms with E-state index in [1.165, 1.54) is 5.06 Å².